The number of nitrogens with one attached hydrogen (secondary N) is 2. The van der Waals surface area contributed by atoms with E-state index in [0.717, 1.165) is 82.1 Å². The van der Waals surface area contributed by atoms with Gasteiger partial charge in [-0.1, -0.05) is 28.1 Å². The smallest absolute Gasteiger partial charge is 0.278 e. The average molecular weight is 739 g/mol. The molecule has 3 aromatic heterocycles. The Hall–Kier alpha value is -4.12. The van der Waals surface area contributed by atoms with Gasteiger partial charge in [0.15, 0.2) is 0 Å². The van der Waals surface area contributed by atoms with Gasteiger partial charge in [-0.15, -0.1) is 0 Å². The first-order valence-electron chi connectivity index (χ1n) is 15.4. The summed E-state index contributed by atoms with van der Waals surface area (Å²) < 4.78 is 42.4. The number of piperidine rings is 1. The van der Waals surface area contributed by atoms with Crippen molar-refractivity contribution in [2.45, 2.75) is 31.7 Å². The van der Waals surface area contributed by atoms with Gasteiger partial charge in [-0.05, 0) is 50.9 Å². The summed E-state index contributed by atoms with van der Waals surface area (Å²) in [5, 5.41) is 3.19. The van der Waals surface area contributed by atoms with E-state index in [2.05, 4.69) is 49.2 Å². The summed E-state index contributed by atoms with van der Waals surface area (Å²) in [7, 11) is 4.13. The first-order valence-corrected chi connectivity index (χ1v) is 16.1. The Bertz CT molecular complexity index is 1770. The van der Waals surface area contributed by atoms with E-state index in [-0.39, 0.29) is 34.2 Å². The Morgan fingerprint density at radius 1 is 0.771 bits per heavy atom. The van der Waals surface area contributed by atoms with Crippen LogP contribution in [0.5, 0.6) is 0 Å². The number of hydrogen-bond acceptors (Lipinski definition) is 9. The van der Waals surface area contributed by atoms with Gasteiger partial charge in [0.25, 0.3) is 16.7 Å². The third kappa shape index (κ3) is 11.8. The number of aromatic amines is 1. The molecule has 0 spiro atoms. The zero-order valence-electron chi connectivity index (χ0n) is 27.0. The van der Waals surface area contributed by atoms with Crippen molar-refractivity contribution in [2.24, 2.45) is 0 Å². The Labute approximate surface area is 284 Å². The predicted molar refractivity (Wildman–Crippen MR) is 188 cm³/mol. The molecule has 1 fully saturated rings. The summed E-state index contributed by atoms with van der Waals surface area (Å²) in [6, 6.07) is 3.16. The fourth-order valence-corrected chi connectivity index (χ4v) is 5.25. The highest BCUT2D eigenvalue weighted by atomic mass is 79.9. The SMILES string of the molecule is CN1CC=C(Br)CC1.CN1CC=C(n2cc(F)cc(N)c2=O)CC1.Nc1cc(F)c[nH]c1=O.Nc1cc(F)cn(C2CCNCC2)c1=O. The van der Waals surface area contributed by atoms with Crippen molar-refractivity contribution in [3.8, 4) is 0 Å². The van der Waals surface area contributed by atoms with Crippen molar-refractivity contribution < 1.29 is 13.2 Å². The van der Waals surface area contributed by atoms with Crippen LogP contribution in [0, 0.1) is 17.5 Å². The van der Waals surface area contributed by atoms with E-state index in [4.69, 9.17) is 17.2 Å². The zero-order chi connectivity index (χ0) is 35.4. The van der Waals surface area contributed by atoms with Gasteiger partial charge < -0.3 is 41.9 Å². The standard InChI is InChI=1S/C11H14FN3O.C10H14FN3O.C6H10BrN.C5H5FN2O/c1-14-4-2-9(3-5-14)15-7-8(12)6-10(13)11(15)16;11-7-5-9(12)10(15)14(6-7)8-1-3-13-4-2-8;1-8-4-2-6(7)3-5-8;6-3-1-4(7)5(9)8-2-3/h2,6-7H,3-5,13H2,1H3;5-6,8,13H,1-4,12H2;2H,3-5H2,1H3;1-2H,7H2,(H,8,9). The molecule has 262 valence electrons. The van der Waals surface area contributed by atoms with Gasteiger partial charge in [0.2, 0.25) is 0 Å². The fourth-order valence-electron chi connectivity index (χ4n) is 4.92. The van der Waals surface area contributed by atoms with Crippen LogP contribution >= 0.6 is 15.9 Å². The van der Waals surface area contributed by atoms with Crippen molar-refractivity contribution in [3.63, 3.8) is 0 Å². The third-order valence-electron chi connectivity index (χ3n) is 7.70. The molecule has 0 radical (unpaired) electrons. The molecule has 0 atom stereocenters. The number of H-pyrrole nitrogens is 1. The molecule has 3 aliphatic heterocycles. The molecule has 6 heterocycles. The lowest BCUT2D eigenvalue weighted by molar-refractivity contribution is 0.356. The molecule has 1 saturated heterocycles. The van der Waals surface area contributed by atoms with E-state index < -0.39 is 23.0 Å². The van der Waals surface area contributed by atoms with Crippen molar-refractivity contribution in [1.82, 2.24) is 29.2 Å². The molecule has 0 saturated carbocycles. The predicted octanol–water partition coefficient (Wildman–Crippen LogP) is 2.94. The topological polar surface area (TPSA) is 173 Å². The number of halogens is 4. The van der Waals surface area contributed by atoms with Crippen LogP contribution in [0.25, 0.3) is 5.70 Å². The first-order chi connectivity index (χ1) is 22.7. The van der Waals surface area contributed by atoms with Crippen LogP contribution in [-0.2, 0) is 0 Å². The fraction of sp³-hybridized carbons (Fsp3) is 0.406. The largest absolute Gasteiger partial charge is 0.394 e. The monoisotopic (exact) mass is 737 g/mol. The van der Waals surface area contributed by atoms with Gasteiger partial charge in [-0.3, -0.25) is 19.0 Å². The van der Waals surface area contributed by atoms with E-state index in [1.54, 1.807) is 0 Å². The summed E-state index contributed by atoms with van der Waals surface area (Å²) in [5.41, 5.74) is 15.5. The van der Waals surface area contributed by atoms with E-state index in [1.165, 1.54) is 39.0 Å². The van der Waals surface area contributed by atoms with Crippen molar-refractivity contribution >= 4 is 38.7 Å². The molecule has 6 rings (SSSR count). The molecule has 8 N–H and O–H groups in total. The second-order valence-electron chi connectivity index (χ2n) is 11.6. The van der Waals surface area contributed by atoms with Crippen molar-refractivity contribution in [1.29, 1.82) is 0 Å². The Morgan fingerprint density at radius 2 is 1.33 bits per heavy atom. The minimum atomic E-state index is -0.535. The minimum Gasteiger partial charge on any atom is -0.394 e. The number of hydrogen-bond donors (Lipinski definition) is 5. The first kappa shape index (κ1) is 38.3. The Balaban J connectivity index is 0.000000181. The second-order valence-corrected chi connectivity index (χ2v) is 12.6. The van der Waals surface area contributed by atoms with E-state index >= 15 is 0 Å². The van der Waals surface area contributed by atoms with Gasteiger partial charge in [0, 0.05) is 81.1 Å². The maximum absolute atomic E-state index is 13.2. The van der Waals surface area contributed by atoms with E-state index in [0.29, 0.717) is 0 Å². The molecule has 0 unspecified atom stereocenters. The van der Waals surface area contributed by atoms with Gasteiger partial charge in [-0.25, -0.2) is 13.2 Å². The number of rotatable bonds is 2. The quantitative estimate of drug-likeness (QED) is 0.265. The summed E-state index contributed by atoms with van der Waals surface area (Å²) in [6.45, 7) is 5.62. The second kappa shape index (κ2) is 18.4. The molecule has 0 bridgehead atoms. The lowest BCUT2D eigenvalue weighted by Crippen LogP contribution is -2.34. The summed E-state index contributed by atoms with van der Waals surface area (Å²) in [5.74, 6) is -1.48. The minimum absolute atomic E-state index is 0.0199. The Morgan fingerprint density at radius 3 is 1.85 bits per heavy atom. The number of nitrogens with two attached hydrogens (primary N) is 3. The van der Waals surface area contributed by atoms with Gasteiger partial charge >= 0.3 is 0 Å². The van der Waals surface area contributed by atoms with Crippen LogP contribution in [0.2, 0.25) is 0 Å². The highest BCUT2D eigenvalue weighted by Gasteiger charge is 2.17. The lowest BCUT2D eigenvalue weighted by atomic mass is 10.1. The van der Waals surface area contributed by atoms with Gasteiger partial charge in [-0.2, -0.15) is 0 Å². The molecule has 0 aromatic carbocycles. The summed E-state index contributed by atoms with van der Waals surface area (Å²) >= 11 is 3.45. The number of nitrogen functional groups attached to an aromatic ring is 3. The van der Waals surface area contributed by atoms with E-state index in [1.807, 2.05) is 13.1 Å². The number of anilines is 3. The third-order valence-corrected chi connectivity index (χ3v) is 8.42. The molecule has 3 aromatic rings. The average Bonchev–Trinajstić information content (AvgIpc) is 3.06. The lowest BCUT2D eigenvalue weighted by Gasteiger charge is -2.24. The van der Waals surface area contributed by atoms with Crippen LogP contribution in [0.1, 0.15) is 31.7 Å². The normalized spacial score (nSPS) is 17.0. The molecular weight excluding hydrogens is 695 g/mol. The number of aromatic nitrogens is 3. The molecule has 16 heteroatoms. The molecule has 3 aliphatic rings. The summed E-state index contributed by atoms with van der Waals surface area (Å²) in [6.07, 6.45) is 11.1. The molecular formula is C32H43BrF3N9O3. The van der Waals surface area contributed by atoms with Crippen molar-refractivity contribution in [3.05, 3.63) is 102 Å². The Kier molecular flexibility index (Phi) is 14.7. The zero-order valence-corrected chi connectivity index (χ0v) is 28.6. The van der Waals surface area contributed by atoms with Gasteiger partial charge in [0.1, 0.15) is 34.5 Å². The summed E-state index contributed by atoms with van der Waals surface area (Å²) in [4.78, 5) is 40.3. The highest BCUT2D eigenvalue weighted by molar-refractivity contribution is 9.11. The van der Waals surface area contributed by atoms with Crippen LogP contribution in [0.15, 0.2) is 67.8 Å². The van der Waals surface area contributed by atoms with Crippen LogP contribution in [0.4, 0.5) is 30.2 Å². The van der Waals surface area contributed by atoms with E-state index in [9.17, 15) is 27.6 Å². The highest BCUT2D eigenvalue weighted by Crippen LogP contribution is 2.18. The van der Waals surface area contributed by atoms with Gasteiger partial charge in [0.05, 0.1) is 0 Å². The van der Waals surface area contributed by atoms with Crippen LogP contribution in [0.3, 0.4) is 0 Å². The molecule has 48 heavy (non-hydrogen) atoms. The maximum atomic E-state index is 13.2. The number of pyridine rings is 3. The number of nitrogens with zero attached hydrogens (tertiary/aromatic N) is 4. The van der Waals surface area contributed by atoms with Crippen molar-refractivity contribution in [2.75, 3.05) is 70.6 Å². The number of likely N-dealkylation sites (N-methyl/N-ethyl adjacent to an activating group) is 2. The molecule has 0 aliphatic carbocycles. The maximum Gasteiger partial charge on any atom is 0.278 e. The molecule has 12 nitrogen and oxygen atoms in total. The molecule has 0 amide bonds. The van der Waals surface area contributed by atoms with Crippen LogP contribution in [-0.4, -0.2) is 77.3 Å². The van der Waals surface area contributed by atoms with Crippen LogP contribution < -0.4 is 39.2 Å².